The highest BCUT2D eigenvalue weighted by molar-refractivity contribution is 7.28. The van der Waals surface area contributed by atoms with E-state index in [9.17, 15) is 0 Å². The Balaban J connectivity index is 1.07. The summed E-state index contributed by atoms with van der Waals surface area (Å²) in [7, 11) is 0. The van der Waals surface area contributed by atoms with Crippen LogP contribution in [0.15, 0.2) is 188 Å². The number of anilines is 3. The zero-order valence-corrected chi connectivity index (χ0v) is 30.3. The highest BCUT2D eigenvalue weighted by Gasteiger charge is 2.19. The molecular weight excluding hydrogens is 679 g/mol. The van der Waals surface area contributed by atoms with Gasteiger partial charge in [0.2, 0.25) is 0 Å². The van der Waals surface area contributed by atoms with Gasteiger partial charge in [0.15, 0.2) is 0 Å². The zero-order valence-electron chi connectivity index (χ0n) is 28.7. The van der Waals surface area contributed by atoms with Gasteiger partial charge in [-0.2, -0.15) is 0 Å². The second-order valence-electron chi connectivity index (χ2n) is 13.7. The molecule has 0 aliphatic rings. The molecule has 3 heteroatoms. The van der Waals surface area contributed by atoms with Crippen molar-refractivity contribution in [2.45, 2.75) is 0 Å². The Morgan fingerprint density at radius 2 is 0.887 bits per heavy atom. The van der Waals surface area contributed by atoms with Crippen LogP contribution in [0, 0.1) is 0 Å². The average Bonchev–Trinajstić information content (AvgIpc) is 3.80. The van der Waals surface area contributed by atoms with E-state index in [2.05, 4.69) is 193 Å². The van der Waals surface area contributed by atoms with Gasteiger partial charge in [-0.1, -0.05) is 140 Å². The quantitative estimate of drug-likeness (QED) is 0.172. The van der Waals surface area contributed by atoms with Gasteiger partial charge in [0.05, 0.1) is 0 Å². The lowest BCUT2D eigenvalue weighted by molar-refractivity contribution is 1.29. The van der Waals surface area contributed by atoms with Crippen LogP contribution < -0.4 is 4.90 Å². The van der Waals surface area contributed by atoms with Gasteiger partial charge >= 0.3 is 0 Å². The molecule has 248 valence electrons. The molecule has 11 aromatic rings. The van der Waals surface area contributed by atoms with Gasteiger partial charge < -0.3 is 4.90 Å². The molecule has 1 nitrogen and oxygen atoms in total. The fourth-order valence-corrected chi connectivity index (χ4v) is 10.5. The highest BCUT2D eigenvalue weighted by Crippen LogP contribution is 2.48. The summed E-state index contributed by atoms with van der Waals surface area (Å²) in [5, 5.41) is 10.6. The average molecular weight is 710 g/mol. The Kier molecular flexibility index (Phi) is 6.97. The van der Waals surface area contributed by atoms with Gasteiger partial charge in [-0.3, -0.25) is 0 Å². The van der Waals surface area contributed by atoms with Crippen LogP contribution in [0.1, 0.15) is 0 Å². The molecular formula is C50H31NS2. The minimum absolute atomic E-state index is 1.13. The van der Waals surface area contributed by atoms with Crippen LogP contribution >= 0.6 is 22.7 Å². The van der Waals surface area contributed by atoms with Crippen molar-refractivity contribution < 1.29 is 0 Å². The smallest absolute Gasteiger partial charge is 0.0476 e. The molecule has 2 aromatic heterocycles. The molecule has 53 heavy (non-hydrogen) atoms. The van der Waals surface area contributed by atoms with Crippen LogP contribution in [0.4, 0.5) is 17.1 Å². The Bertz CT molecular complexity index is 3150. The molecule has 0 unspecified atom stereocenters. The summed E-state index contributed by atoms with van der Waals surface area (Å²) in [6, 6.07) is 68.9. The van der Waals surface area contributed by atoms with Crippen LogP contribution in [0.3, 0.4) is 0 Å². The number of hydrogen-bond acceptors (Lipinski definition) is 3. The first-order valence-corrected chi connectivity index (χ1v) is 19.6. The normalized spacial score (nSPS) is 11.8. The van der Waals surface area contributed by atoms with E-state index in [1.807, 2.05) is 22.7 Å². The fourth-order valence-electron chi connectivity index (χ4n) is 8.14. The van der Waals surface area contributed by atoms with E-state index in [4.69, 9.17) is 0 Å². The molecule has 0 radical (unpaired) electrons. The SMILES string of the molecule is c1ccc(-c2ccc(N(c3ccc(-c4cccc5ccccc45)cc3)c3ccc4c(c3)sc3ccc5sc6c7ccccc7ccc6c5c34)cc2)cc1. The summed E-state index contributed by atoms with van der Waals surface area (Å²) in [4.78, 5) is 2.40. The van der Waals surface area contributed by atoms with E-state index in [0.29, 0.717) is 0 Å². The van der Waals surface area contributed by atoms with Gasteiger partial charge in [0.25, 0.3) is 0 Å². The predicted octanol–water partition coefficient (Wildman–Crippen LogP) is 15.5. The largest absolute Gasteiger partial charge is 0.310 e. The Hall–Kier alpha value is -6.26. The molecule has 11 rings (SSSR count). The topological polar surface area (TPSA) is 3.24 Å². The molecule has 0 atom stereocenters. The van der Waals surface area contributed by atoms with Gasteiger partial charge in [0.1, 0.15) is 0 Å². The first-order valence-electron chi connectivity index (χ1n) is 18.0. The summed E-state index contributed by atoms with van der Waals surface area (Å²) in [5.74, 6) is 0. The minimum atomic E-state index is 1.13. The number of rotatable bonds is 5. The van der Waals surface area contributed by atoms with Gasteiger partial charge in [-0.05, 0) is 92.3 Å². The summed E-state index contributed by atoms with van der Waals surface area (Å²) in [5.41, 5.74) is 8.29. The predicted molar refractivity (Wildman–Crippen MR) is 233 cm³/mol. The third-order valence-electron chi connectivity index (χ3n) is 10.7. The van der Waals surface area contributed by atoms with Crippen LogP contribution in [0.5, 0.6) is 0 Å². The number of nitrogens with zero attached hydrogens (tertiary/aromatic N) is 1. The van der Waals surface area contributed by atoms with Crippen LogP contribution in [-0.2, 0) is 0 Å². The lowest BCUT2D eigenvalue weighted by atomic mass is 9.98. The van der Waals surface area contributed by atoms with Crippen molar-refractivity contribution in [3.05, 3.63) is 188 Å². The zero-order chi connectivity index (χ0) is 34.9. The van der Waals surface area contributed by atoms with Crippen molar-refractivity contribution in [1.82, 2.24) is 0 Å². The minimum Gasteiger partial charge on any atom is -0.310 e. The number of hydrogen-bond donors (Lipinski definition) is 0. The fraction of sp³-hybridized carbons (Fsp3) is 0. The van der Waals surface area contributed by atoms with Crippen LogP contribution in [0.2, 0.25) is 0 Å². The van der Waals surface area contributed by atoms with E-state index in [0.717, 1.165) is 17.1 Å². The summed E-state index contributed by atoms with van der Waals surface area (Å²) < 4.78 is 5.34. The maximum absolute atomic E-state index is 2.40. The molecule has 9 aromatic carbocycles. The Labute approximate surface area is 315 Å². The van der Waals surface area contributed by atoms with E-state index in [-0.39, 0.29) is 0 Å². The van der Waals surface area contributed by atoms with Gasteiger partial charge in [-0.15, -0.1) is 22.7 Å². The van der Waals surface area contributed by atoms with Crippen LogP contribution in [0.25, 0.3) is 84.1 Å². The van der Waals surface area contributed by atoms with E-state index >= 15 is 0 Å². The van der Waals surface area contributed by atoms with Crippen molar-refractivity contribution >= 4 is 102 Å². The molecule has 0 fully saturated rings. The number of thiophene rings is 2. The van der Waals surface area contributed by atoms with E-state index < -0.39 is 0 Å². The monoisotopic (exact) mass is 709 g/mol. The highest BCUT2D eigenvalue weighted by atomic mass is 32.1. The molecule has 0 N–H and O–H groups in total. The van der Waals surface area contributed by atoms with Crippen molar-refractivity contribution in [2.24, 2.45) is 0 Å². The molecule has 2 heterocycles. The second kappa shape index (κ2) is 12.2. The van der Waals surface area contributed by atoms with Crippen molar-refractivity contribution in [1.29, 1.82) is 0 Å². The van der Waals surface area contributed by atoms with Crippen molar-refractivity contribution in [3.8, 4) is 22.3 Å². The third kappa shape index (κ3) is 4.97. The Morgan fingerprint density at radius 3 is 1.66 bits per heavy atom. The molecule has 0 bridgehead atoms. The number of benzene rings is 9. The molecule has 0 spiro atoms. The van der Waals surface area contributed by atoms with Gasteiger partial charge in [0, 0.05) is 57.4 Å². The summed E-state index contributed by atoms with van der Waals surface area (Å²) >= 11 is 3.81. The maximum atomic E-state index is 2.40. The first kappa shape index (κ1) is 30.4. The van der Waals surface area contributed by atoms with Crippen LogP contribution in [-0.4, -0.2) is 0 Å². The van der Waals surface area contributed by atoms with E-state index in [1.54, 1.807) is 0 Å². The van der Waals surface area contributed by atoms with Gasteiger partial charge in [-0.25, -0.2) is 0 Å². The number of fused-ring (bicyclic) bond motifs is 10. The Morgan fingerprint density at radius 1 is 0.321 bits per heavy atom. The first-order chi connectivity index (χ1) is 26.3. The maximum Gasteiger partial charge on any atom is 0.0476 e. The third-order valence-corrected chi connectivity index (χ3v) is 13.0. The summed E-state index contributed by atoms with van der Waals surface area (Å²) in [6.07, 6.45) is 0. The molecule has 0 amide bonds. The molecule has 0 aliphatic carbocycles. The molecule has 0 saturated carbocycles. The summed E-state index contributed by atoms with van der Waals surface area (Å²) in [6.45, 7) is 0. The standard InChI is InChI=1S/C50H31NS2/c1-2-9-32(10-3-1)33-17-22-37(23-18-33)51(38-24-19-36(20-25-38)41-16-8-13-34-11-4-6-14-40(34)41)39-26-28-43-47(31-39)52-45-29-30-46-49(48(43)45)44-27-21-35-12-5-7-15-42(35)50(44)53-46/h1-31H. The van der Waals surface area contributed by atoms with Crippen molar-refractivity contribution in [2.75, 3.05) is 4.90 Å². The van der Waals surface area contributed by atoms with Crippen molar-refractivity contribution in [3.63, 3.8) is 0 Å². The molecule has 0 saturated heterocycles. The second-order valence-corrected chi connectivity index (χ2v) is 15.8. The molecule has 0 aliphatic heterocycles. The van der Waals surface area contributed by atoms with E-state index in [1.165, 1.54) is 84.1 Å². The lowest BCUT2D eigenvalue weighted by Gasteiger charge is -2.26. The lowest BCUT2D eigenvalue weighted by Crippen LogP contribution is -2.09.